The molecule has 2 rings (SSSR count). The minimum Gasteiger partial charge on any atom is -0.381 e. The van der Waals surface area contributed by atoms with Crippen molar-refractivity contribution in [3.63, 3.8) is 0 Å². The molecule has 0 fully saturated rings. The predicted octanol–water partition coefficient (Wildman–Crippen LogP) is 3.14. The van der Waals surface area contributed by atoms with E-state index in [-0.39, 0.29) is 0 Å². The van der Waals surface area contributed by atoms with E-state index < -0.39 is 0 Å². The Morgan fingerprint density at radius 1 is 1.47 bits per heavy atom. The van der Waals surface area contributed by atoms with E-state index in [4.69, 9.17) is 21.9 Å². The minimum absolute atomic E-state index is 0.451. The van der Waals surface area contributed by atoms with Gasteiger partial charge < -0.3 is 10.3 Å². The molecule has 2 aromatic rings. The monoisotopic (exact) mass is 222 g/mol. The minimum atomic E-state index is 0.451. The lowest BCUT2D eigenvalue weighted by Gasteiger charge is -1.99. The average molecular weight is 223 g/mol. The molecule has 3 nitrogen and oxygen atoms in total. The quantitative estimate of drug-likeness (QED) is 0.849. The van der Waals surface area contributed by atoms with Crippen LogP contribution in [-0.4, -0.2) is 5.16 Å². The SMILES string of the molecule is CCc1c(N)noc1-c1cccc(Cl)c1. The van der Waals surface area contributed by atoms with Crippen molar-refractivity contribution in [2.75, 3.05) is 5.73 Å². The van der Waals surface area contributed by atoms with Gasteiger partial charge in [0.25, 0.3) is 0 Å². The fourth-order valence-corrected chi connectivity index (χ4v) is 1.71. The fraction of sp³-hybridized carbons (Fsp3) is 0.182. The highest BCUT2D eigenvalue weighted by atomic mass is 35.5. The number of hydrogen-bond donors (Lipinski definition) is 1. The van der Waals surface area contributed by atoms with Crippen LogP contribution in [0.2, 0.25) is 5.02 Å². The van der Waals surface area contributed by atoms with Crippen molar-refractivity contribution >= 4 is 17.4 Å². The Morgan fingerprint density at radius 2 is 2.27 bits per heavy atom. The zero-order valence-electron chi connectivity index (χ0n) is 8.33. The molecule has 0 amide bonds. The number of benzene rings is 1. The third kappa shape index (κ3) is 1.83. The van der Waals surface area contributed by atoms with Crippen molar-refractivity contribution in [2.24, 2.45) is 0 Å². The van der Waals surface area contributed by atoms with Gasteiger partial charge in [-0.3, -0.25) is 0 Å². The molecule has 0 aliphatic heterocycles. The van der Waals surface area contributed by atoms with E-state index >= 15 is 0 Å². The first-order chi connectivity index (χ1) is 7.22. The molecule has 0 saturated carbocycles. The molecule has 1 heterocycles. The highest BCUT2D eigenvalue weighted by Crippen LogP contribution is 2.29. The van der Waals surface area contributed by atoms with Crippen molar-refractivity contribution < 1.29 is 4.52 Å². The maximum absolute atomic E-state index is 5.90. The lowest BCUT2D eigenvalue weighted by molar-refractivity contribution is 0.435. The molecule has 0 spiro atoms. The summed E-state index contributed by atoms with van der Waals surface area (Å²) in [7, 11) is 0. The van der Waals surface area contributed by atoms with E-state index in [0.717, 1.165) is 17.5 Å². The van der Waals surface area contributed by atoms with Crippen molar-refractivity contribution in [1.82, 2.24) is 5.16 Å². The highest BCUT2D eigenvalue weighted by Gasteiger charge is 2.13. The summed E-state index contributed by atoms with van der Waals surface area (Å²) >= 11 is 5.90. The molecule has 0 saturated heterocycles. The van der Waals surface area contributed by atoms with E-state index in [1.807, 2.05) is 31.2 Å². The maximum Gasteiger partial charge on any atom is 0.172 e. The second kappa shape index (κ2) is 3.95. The van der Waals surface area contributed by atoms with Gasteiger partial charge in [0, 0.05) is 16.1 Å². The first-order valence-electron chi connectivity index (χ1n) is 4.72. The zero-order chi connectivity index (χ0) is 10.8. The molecule has 15 heavy (non-hydrogen) atoms. The smallest absolute Gasteiger partial charge is 0.172 e. The van der Waals surface area contributed by atoms with Gasteiger partial charge in [0.2, 0.25) is 0 Å². The van der Waals surface area contributed by atoms with Crippen LogP contribution in [0.1, 0.15) is 12.5 Å². The third-order valence-corrected chi connectivity index (χ3v) is 2.49. The predicted molar refractivity (Wildman–Crippen MR) is 60.7 cm³/mol. The standard InChI is InChI=1S/C11H11ClN2O/c1-2-9-10(15-14-11(9)13)7-4-3-5-8(12)6-7/h3-6H,2H2,1H3,(H2,13,14). The lowest BCUT2D eigenvalue weighted by Crippen LogP contribution is -1.90. The van der Waals surface area contributed by atoms with Crippen molar-refractivity contribution in [2.45, 2.75) is 13.3 Å². The fourth-order valence-electron chi connectivity index (χ4n) is 1.52. The van der Waals surface area contributed by atoms with Crippen LogP contribution in [0, 0.1) is 0 Å². The summed E-state index contributed by atoms with van der Waals surface area (Å²) in [5.74, 6) is 1.16. The Hall–Kier alpha value is -1.48. The summed E-state index contributed by atoms with van der Waals surface area (Å²) < 4.78 is 5.19. The molecule has 0 bridgehead atoms. The van der Waals surface area contributed by atoms with Gasteiger partial charge in [-0.25, -0.2) is 0 Å². The van der Waals surface area contributed by atoms with E-state index in [1.54, 1.807) is 0 Å². The normalized spacial score (nSPS) is 10.5. The molecule has 0 aliphatic rings. The molecule has 0 unspecified atom stereocenters. The summed E-state index contributed by atoms with van der Waals surface area (Å²) in [6.07, 6.45) is 0.789. The van der Waals surface area contributed by atoms with Crippen LogP contribution in [0.4, 0.5) is 5.82 Å². The van der Waals surface area contributed by atoms with Crippen LogP contribution >= 0.6 is 11.6 Å². The Bertz CT molecular complexity index is 479. The van der Waals surface area contributed by atoms with Crippen LogP contribution in [0.25, 0.3) is 11.3 Å². The molecule has 2 N–H and O–H groups in total. The van der Waals surface area contributed by atoms with Gasteiger partial charge in [-0.2, -0.15) is 0 Å². The Balaban J connectivity index is 2.54. The van der Waals surface area contributed by atoms with Gasteiger partial charge in [-0.05, 0) is 18.6 Å². The van der Waals surface area contributed by atoms with Crippen LogP contribution in [0.5, 0.6) is 0 Å². The molecule has 0 radical (unpaired) electrons. The number of rotatable bonds is 2. The molecule has 1 aromatic heterocycles. The zero-order valence-corrected chi connectivity index (χ0v) is 9.08. The van der Waals surface area contributed by atoms with Gasteiger partial charge in [0.05, 0.1) is 0 Å². The summed E-state index contributed by atoms with van der Waals surface area (Å²) in [5, 5.41) is 4.42. The number of aromatic nitrogens is 1. The average Bonchev–Trinajstić information content (AvgIpc) is 2.59. The molecular weight excluding hydrogens is 212 g/mol. The van der Waals surface area contributed by atoms with Crippen molar-refractivity contribution in [3.05, 3.63) is 34.9 Å². The summed E-state index contributed by atoms with van der Waals surface area (Å²) in [4.78, 5) is 0. The van der Waals surface area contributed by atoms with Gasteiger partial charge in [0.15, 0.2) is 11.6 Å². The number of nitrogens with zero attached hydrogens (tertiary/aromatic N) is 1. The van der Waals surface area contributed by atoms with E-state index in [2.05, 4.69) is 5.16 Å². The van der Waals surface area contributed by atoms with E-state index in [9.17, 15) is 0 Å². The maximum atomic E-state index is 5.90. The molecule has 0 atom stereocenters. The Labute approximate surface area is 92.8 Å². The molecule has 1 aromatic carbocycles. The molecular formula is C11H11ClN2O. The summed E-state index contributed by atoms with van der Waals surface area (Å²) in [5.41, 5.74) is 7.52. The van der Waals surface area contributed by atoms with Crippen LogP contribution in [0.3, 0.4) is 0 Å². The summed E-state index contributed by atoms with van der Waals surface area (Å²) in [6, 6.07) is 7.44. The second-order valence-corrected chi connectivity index (χ2v) is 3.68. The van der Waals surface area contributed by atoms with Gasteiger partial charge in [-0.1, -0.05) is 35.8 Å². The number of hydrogen-bond acceptors (Lipinski definition) is 3. The first kappa shape index (κ1) is 10.1. The topological polar surface area (TPSA) is 52.0 Å². The van der Waals surface area contributed by atoms with E-state index in [1.165, 1.54) is 0 Å². The van der Waals surface area contributed by atoms with Crippen LogP contribution < -0.4 is 5.73 Å². The van der Waals surface area contributed by atoms with Crippen molar-refractivity contribution in [3.8, 4) is 11.3 Å². The molecule has 0 aliphatic carbocycles. The van der Waals surface area contributed by atoms with Crippen LogP contribution in [-0.2, 0) is 6.42 Å². The number of halogens is 1. The molecule has 4 heteroatoms. The number of nitrogen functional groups attached to an aromatic ring is 1. The first-order valence-corrected chi connectivity index (χ1v) is 5.10. The van der Waals surface area contributed by atoms with Crippen molar-refractivity contribution in [1.29, 1.82) is 0 Å². The Kier molecular flexibility index (Phi) is 2.64. The number of anilines is 1. The van der Waals surface area contributed by atoms with Gasteiger partial charge in [-0.15, -0.1) is 0 Å². The number of nitrogens with two attached hydrogens (primary N) is 1. The Morgan fingerprint density at radius 3 is 2.93 bits per heavy atom. The largest absolute Gasteiger partial charge is 0.381 e. The van der Waals surface area contributed by atoms with Crippen LogP contribution in [0.15, 0.2) is 28.8 Å². The lowest BCUT2D eigenvalue weighted by atomic mass is 10.1. The third-order valence-electron chi connectivity index (χ3n) is 2.26. The summed E-state index contributed by atoms with van der Waals surface area (Å²) in [6.45, 7) is 2.01. The van der Waals surface area contributed by atoms with E-state index in [0.29, 0.717) is 16.6 Å². The van der Waals surface area contributed by atoms with Gasteiger partial charge >= 0.3 is 0 Å². The second-order valence-electron chi connectivity index (χ2n) is 3.24. The van der Waals surface area contributed by atoms with Gasteiger partial charge in [0.1, 0.15) is 0 Å². The molecule has 78 valence electrons. The highest BCUT2D eigenvalue weighted by molar-refractivity contribution is 6.30.